The molecule has 4 atom stereocenters. The molecule has 0 spiro atoms. The highest BCUT2D eigenvalue weighted by Gasteiger charge is 2.43. The molecule has 0 bridgehead atoms. The molecule has 0 unspecified atom stereocenters. The standard InChI is InChI=1S/C10H11Cl2NO4/c11-6-2-1-4(10(12)13-6)9-8(16)7(15)5(3-14)17-9/h1-2,5,7-9,14-16H,3H2/t5-,7-,8-,9+/m1/s1. The van der Waals surface area contributed by atoms with Gasteiger partial charge in [0, 0.05) is 5.56 Å². The van der Waals surface area contributed by atoms with Crippen LogP contribution >= 0.6 is 23.2 Å². The van der Waals surface area contributed by atoms with Crippen molar-refractivity contribution >= 4 is 23.2 Å². The van der Waals surface area contributed by atoms with Crippen molar-refractivity contribution < 1.29 is 20.1 Å². The van der Waals surface area contributed by atoms with E-state index in [0.29, 0.717) is 5.56 Å². The third kappa shape index (κ3) is 2.40. The third-order valence-corrected chi connectivity index (χ3v) is 3.21. The number of aromatic nitrogens is 1. The quantitative estimate of drug-likeness (QED) is 0.689. The lowest BCUT2D eigenvalue weighted by atomic mass is 10.0. The second-order valence-corrected chi connectivity index (χ2v) is 4.52. The largest absolute Gasteiger partial charge is 0.394 e. The second-order valence-electron chi connectivity index (χ2n) is 3.77. The maximum absolute atomic E-state index is 9.80. The normalized spacial score (nSPS) is 33.0. The molecule has 1 aromatic rings. The average Bonchev–Trinajstić information content (AvgIpc) is 2.57. The van der Waals surface area contributed by atoms with Crippen LogP contribution < -0.4 is 0 Å². The molecular weight excluding hydrogens is 269 g/mol. The summed E-state index contributed by atoms with van der Waals surface area (Å²) in [6.45, 7) is -0.382. The second kappa shape index (κ2) is 5.06. The summed E-state index contributed by atoms with van der Waals surface area (Å²) in [6.07, 6.45) is -3.97. The molecule has 0 aromatic carbocycles. The Bertz CT molecular complexity index is 417. The zero-order valence-electron chi connectivity index (χ0n) is 8.62. The maximum atomic E-state index is 9.80. The molecule has 0 radical (unpaired) electrons. The Labute approximate surface area is 108 Å². The minimum atomic E-state index is -1.16. The molecule has 2 rings (SSSR count). The summed E-state index contributed by atoms with van der Waals surface area (Å²) in [7, 11) is 0. The smallest absolute Gasteiger partial charge is 0.136 e. The number of ether oxygens (including phenoxy) is 1. The molecule has 17 heavy (non-hydrogen) atoms. The van der Waals surface area contributed by atoms with Gasteiger partial charge in [-0.2, -0.15) is 0 Å². The topological polar surface area (TPSA) is 82.8 Å². The Morgan fingerprint density at radius 2 is 1.94 bits per heavy atom. The Morgan fingerprint density at radius 1 is 1.24 bits per heavy atom. The van der Waals surface area contributed by atoms with Gasteiger partial charge in [0.2, 0.25) is 0 Å². The highest BCUT2D eigenvalue weighted by molar-refractivity contribution is 6.32. The SMILES string of the molecule is OC[C@H]1O[C@@H](c2ccc(Cl)nc2Cl)[C@H](O)[C@@H]1O. The van der Waals surface area contributed by atoms with Crippen molar-refractivity contribution in [3.8, 4) is 0 Å². The third-order valence-electron chi connectivity index (χ3n) is 2.69. The van der Waals surface area contributed by atoms with Crippen LogP contribution in [0.4, 0.5) is 0 Å². The first-order chi connectivity index (χ1) is 8.04. The fourth-order valence-corrected chi connectivity index (χ4v) is 2.24. The fraction of sp³-hybridized carbons (Fsp3) is 0.500. The molecule has 7 heteroatoms. The Hall–Kier alpha value is -0.430. The summed E-state index contributed by atoms with van der Waals surface area (Å²) in [5.41, 5.74) is 0.429. The highest BCUT2D eigenvalue weighted by atomic mass is 35.5. The van der Waals surface area contributed by atoms with Crippen LogP contribution in [0, 0.1) is 0 Å². The predicted molar refractivity (Wildman–Crippen MR) is 61.0 cm³/mol. The number of aliphatic hydroxyl groups excluding tert-OH is 3. The fourth-order valence-electron chi connectivity index (χ4n) is 1.79. The van der Waals surface area contributed by atoms with Gasteiger partial charge in [0.15, 0.2) is 0 Å². The molecule has 2 heterocycles. The van der Waals surface area contributed by atoms with E-state index in [9.17, 15) is 10.2 Å². The number of aliphatic hydroxyl groups is 3. The molecule has 94 valence electrons. The molecule has 1 saturated heterocycles. The molecule has 0 aliphatic carbocycles. The summed E-state index contributed by atoms with van der Waals surface area (Å²) in [6, 6.07) is 3.08. The summed E-state index contributed by atoms with van der Waals surface area (Å²) in [5.74, 6) is 0. The van der Waals surface area contributed by atoms with Gasteiger partial charge in [0.05, 0.1) is 6.61 Å². The zero-order chi connectivity index (χ0) is 12.6. The molecule has 1 aromatic heterocycles. The van der Waals surface area contributed by atoms with Gasteiger partial charge in [0.25, 0.3) is 0 Å². The molecule has 1 fully saturated rings. The number of halogens is 2. The number of pyridine rings is 1. The molecule has 1 aliphatic heterocycles. The van der Waals surface area contributed by atoms with Crippen molar-refractivity contribution in [3.63, 3.8) is 0 Å². The van der Waals surface area contributed by atoms with Crippen LogP contribution in [-0.2, 0) is 4.74 Å². The van der Waals surface area contributed by atoms with Gasteiger partial charge >= 0.3 is 0 Å². The van der Waals surface area contributed by atoms with Gasteiger partial charge < -0.3 is 20.1 Å². The van der Waals surface area contributed by atoms with Gasteiger partial charge in [-0.05, 0) is 6.07 Å². The van der Waals surface area contributed by atoms with Crippen LogP contribution in [0.3, 0.4) is 0 Å². The molecular formula is C10H11Cl2NO4. The van der Waals surface area contributed by atoms with Crippen LogP contribution in [-0.4, -0.2) is 45.2 Å². The number of rotatable bonds is 2. The first-order valence-electron chi connectivity index (χ1n) is 4.99. The Morgan fingerprint density at radius 3 is 2.47 bits per heavy atom. The van der Waals surface area contributed by atoms with Crippen molar-refractivity contribution in [2.45, 2.75) is 24.4 Å². The molecule has 0 amide bonds. The van der Waals surface area contributed by atoms with Crippen molar-refractivity contribution in [1.82, 2.24) is 4.98 Å². The van der Waals surface area contributed by atoms with E-state index >= 15 is 0 Å². The molecule has 1 aliphatic rings. The van der Waals surface area contributed by atoms with Gasteiger partial charge in [-0.3, -0.25) is 0 Å². The van der Waals surface area contributed by atoms with E-state index < -0.39 is 24.4 Å². The summed E-state index contributed by atoms with van der Waals surface area (Å²) < 4.78 is 5.32. The van der Waals surface area contributed by atoms with E-state index in [1.165, 1.54) is 6.07 Å². The minimum Gasteiger partial charge on any atom is -0.394 e. The highest BCUT2D eigenvalue weighted by Crippen LogP contribution is 2.36. The Kier molecular flexibility index (Phi) is 3.87. The minimum absolute atomic E-state index is 0.104. The Balaban J connectivity index is 2.29. The average molecular weight is 280 g/mol. The summed E-state index contributed by atoms with van der Waals surface area (Å²) in [5, 5.41) is 28.7. The van der Waals surface area contributed by atoms with Crippen LogP contribution in [0.2, 0.25) is 10.3 Å². The van der Waals surface area contributed by atoms with E-state index in [0.717, 1.165) is 0 Å². The summed E-state index contributed by atoms with van der Waals surface area (Å²) >= 11 is 11.5. The van der Waals surface area contributed by atoms with Gasteiger partial charge in [-0.1, -0.05) is 29.3 Å². The lowest BCUT2D eigenvalue weighted by Gasteiger charge is -2.15. The maximum Gasteiger partial charge on any atom is 0.136 e. The van der Waals surface area contributed by atoms with Crippen molar-refractivity contribution in [2.24, 2.45) is 0 Å². The van der Waals surface area contributed by atoms with Gasteiger partial charge in [0.1, 0.15) is 34.7 Å². The van der Waals surface area contributed by atoms with Crippen molar-refractivity contribution in [1.29, 1.82) is 0 Å². The first kappa shape index (κ1) is 13.0. The first-order valence-corrected chi connectivity index (χ1v) is 5.74. The van der Waals surface area contributed by atoms with Gasteiger partial charge in [-0.25, -0.2) is 4.98 Å². The number of hydrogen-bond acceptors (Lipinski definition) is 5. The number of nitrogens with zero attached hydrogens (tertiary/aromatic N) is 1. The van der Waals surface area contributed by atoms with E-state index in [2.05, 4.69) is 4.98 Å². The monoisotopic (exact) mass is 279 g/mol. The van der Waals surface area contributed by atoms with E-state index in [1.54, 1.807) is 6.07 Å². The van der Waals surface area contributed by atoms with E-state index in [4.69, 9.17) is 33.0 Å². The van der Waals surface area contributed by atoms with Crippen LogP contribution in [0.5, 0.6) is 0 Å². The van der Waals surface area contributed by atoms with Crippen molar-refractivity contribution in [2.75, 3.05) is 6.61 Å². The van der Waals surface area contributed by atoms with Crippen LogP contribution in [0.25, 0.3) is 0 Å². The van der Waals surface area contributed by atoms with Crippen LogP contribution in [0.1, 0.15) is 11.7 Å². The number of hydrogen-bond donors (Lipinski definition) is 3. The lowest BCUT2D eigenvalue weighted by Crippen LogP contribution is -2.32. The van der Waals surface area contributed by atoms with E-state index in [-0.39, 0.29) is 16.9 Å². The molecule has 0 saturated carbocycles. The summed E-state index contributed by atoms with van der Waals surface area (Å²) in [4.78, 5) is 3.82. The van der Waals surface area contributed by atoms with E-state index in [1.807, 2.05) is 0 Å². The van der Waals surface area contributed by atoms with Crippen LogP contribution in [0.15, 0.2) is 12.1 Å². The zero-order valence-corrected chi connectivity index (χ0v) is 10.1. The molecule has 5 nitrogen and oxygen atoms in total. The van der Waals surface area contributed by atoms with Crippen molar-refractivity contribution in [3.05, 3.63) is 28.0 Å². The molecule has 3 N–H and O–H groups in total. The van der Waals surface area contributed by atoms with Gasteiger partial charge in [-0.15, -0.1) is 0 Å². The predicted octanol–water partition coefficient (Wildman–Crippen LogP) is 0.542. The lowest BCUT2D eigenvalue weighted by molar-refractivity contribution is -0.0228.